The van der Waals surface area contributed by atoms with Gasteiger partial charge in [-0.3, -0.25) is 4.79 Å². The first-order valence-corrected chi connectivity index (χ1v) is 8.19. The van der Waals surface area contributed by atoms with Crippen molar-refractivity contribution < 1.29 is 9.47 Å². The van der Waals surface area contributed by atoms with Crippen molar-refractivity contribution in [2.24, 2.45) is 0 Å². The van der Waals surface area contributed by atoms with Gasteiger partial charge in [0.1, 0.15) is 0 Å². The quantitative estimate of drug-likeness (QED) is 0.718. The fraction of sp³-hybridized carbons (Fsp3) is 0.143. The minimum atomic E-state index is -0.113. The van der Waals surface area contributed by atoms with Gasteiger partial charge in [-0.1, -0.05) is 54.1 Å². The summed E-state index contributed by atoms with van der Waals surface area (Å²) < 4.78 is 1.69. The number of aromatic nitrogens is 1. The lowest BCUT2D eigenvalue weighted by Crippen LogP contribution is -2.47. The number of pyridine rings is 1. The van der Waals surface area contributed by atoms with Crippen molar-refractivity contribution in [3.63, 3.8) is 0 Å². The van der Waals surface area contributed by atoms with Crippen molar-refractivity contribution in [2.75, 3.05) is 5.43 Å². The van der Waals surface area contributed by atoms with Crippen LogP contribution in [0.3, 0.4) is 0 Å². The van der Waals surface area contributed by atoms with Crippen molar-refractivity contribution in [3.8, 4) is 0 Å². The lowest BCUT2D eigenvalue weighted by Gasteiger charge is -2.03. The van der Waals surface area contributed by atoms with E-state index in [1.165, 1.54) is 16.7 Å². The molecule has 1 heterocycles. The van der Waals surface area contributed by atoms with Gasteiger partial charge in [-0.25, -0.2) is 0 Å². The van der Waals surface area contributed by atoms with E-state index in [2.05, 4.69) is 24.5 Å². The van der Waals surface area contributed by atoms with Crippen LogP contribution >= 0.6 is 0 Å². The topological polar surface area (TPSA) is 33.0 Å². The number of aryl methyl sites for hydroxylation is 1. The summed E-state index contributed by atoms with van der Waals surface area (Å²) in [5, 5.41) is 0. The average molecular weight is 317 g/mol. The van der Waals surface area contributed by atoms with E-state index < -0.39 is 0 Å². The molecule has 0 aliphatic rings. The highest BCUT2D eigenvalue weighted by atomic mass is 16.2. The second-order valence-electron chi connectivity index (χ2n) is 5.77. The van der Waals surface area contributed by atoms with E-state index in [9.17, 15) is 4.79 Å². The van der Waals surface area contributed by atoms with Crippen LogP contribution in [0.2, 0.25) is 0 Å². The normalized spacial score (nSPS) is 10.4. The minimum Gasteiger partial charge on any atom is -0.264 e. The number of hydrogen-bond donors (Lipinski definition) is 1. The predicted molar refractivity (Wildman–Crippen MR) is 95.4 cm³/mol. The van der Waals surface area contributed by atoms with Gasteiger partial charge in [0.25, 0.3) is 0 Å². The summed E-state index contributed by atoms with van der Waals surface area (Å²) in [7, 11) is 0. The van der Waals surface area contributed by atoms with E-state index in [0.717, 1.165) is 12.8 Å². The molecule has 0 spiro atoms. The molecule has 3 rings (SSSR count). The molecule has 0 saturated carbocycles. The Morgan fingerprint density at radius 2 is 1.46 bits per heavy atom. The molecule has 0 saturated heterocycles. The Bertz CT molecular complexity index is 794. The summed E-state index contributed by atoms with van der Waals surface area (Å²) in [6, 6.07) is 22.1. The Hall–Kier alpha value is -2.94. The van der Waals surface area contributed by atoms with E-state index in [0.29, 0.717) is 5.56 Å². The van der Waals surface area contributed by atoms with Crippen molar-refractivity contribution in [1.82, 2.24) is 0 Å². The highest BCUT2D eigenvalue weighted by molar-refractivity contribution is 5.98. The molecule has 3 heteroatoms. The molecule has 1 aromatic heterocycles. The molecule has 0 unspecified atom stereocenters. The summed E-state index contributed by atoms with van der Waals surface area (Å²) in [5.41, 5.74) is 7.23. The third-order valence-corrected chi connectivity index (χ3v) is 4.00. The van der Waals surface area contributed by atoms with Crippen LogP contribution in [-0.2, 0) is 12.8 Å². The third kappa shape index (κ3) is 4.07. The molecular formula is C21H21N2O+. The van der Waals surface area contributed by atoms with E-state index in [1.54, 1.807) is 4.68 Å². The number of carbonyl (C=O) groups excluding carboxylic acids is 1. The number of nitrogens with one attached hydrogen (secondary N) is 1. The highest BCUT2D eigenvalue weighted by Crippen LogP contribution is 2.07. The second kappa shape index (κ2) is 7.55. The smallest absolute Gasteiger partial charge is 0.264 e. The number of benzene rings is 2. The summed E-state index contributed by atoms with van der Waals surface area (Å²) >= 11 is 0. The average Bonchev–Trinajstić information content (AvgIpc) is 2.64. The lowest BCUT2D eigenvalue weighted by atomic mass is 10.1. The lowest BCUT2D eigenvalue weighted by molar-refractivity contribution is -0.641. The number of rotatable bonds is 5. The molecule has 1 amide bonds. The number of carbonyl (C=O) groups is 1. The molecule has 24 heavy (non-hydrogen) atoms. The first kappa shape index (κ1) is 15.9. The fourth-order valence-corrected chi connectivity index (χ4v) is 2.55. The maximum absolute atomic E-state index is 12.3. The minimum absolute atomic E-state index is 0.113. The van der Waals surface area contributed by atoms with E-state index >= 15 is 0 Å². The summed E-state index contributed by atoms with van der Waals surface area (Å²) in [4.78, 5) is 12.3. The zero-order valence-corrected chi connectivity index (χ0v) is 13.8. The van der Waals surface area contributed by atoms with Crippen LogP contribution in [0.15, 0.2) is 79.1 Å². The van der Waals surface area contributed by atoms with Gasteiger partial charge in [-0.05, 0) is 41.7 Å². The molecule has 0 aliphatic carbocycles. The van der Waals surface area contributed by atoms with E-state index in [-0.39, 0.29) is 5.91 Å². The van der Waals surface area contributed by atoms with Gasteiger partial charge in [0.05, 0.1) is 0 Å². The van der Waals surface area contributed by atoms with Gasteiger partial charge < -0.3 is 0 Å². The monoisotopic (exact) mass is 317 g/mol. The van der Waals surface area contributed by atoms with Crippen LogP contribution < -0.4 is 10.1 Å². The Balaban J connectivity index is 1.64. The van der Waals surface area contributed by atoms with Crippen molar-refractivity contribution in [1.29, 1.82) is 0 Å². The molecule has 3 nitrogen and oxygen atoms in total. The number of nitrogens with zero attached hydrogens (tertiary/aromatic N) is 1. The molecule has 0 fully saturated rings. The first-order valence-electron chi connectivity index (χ1n) is 8.19. The molecule has 0 aliphatic heterocycles. The standard InChI is InChI=1S/C21H20N2O/c1-2-17-8-10-20(11-9-17)21(24)22-23-14-12-19(13-15-23)16-18-6-4-3-5-7-18/h3-15H,2,16H2,1H3/p+1. The number of amides is 1. The van der Waals surface area contributed by atoms with E-state index in [1.807, 2.05) is 67.0 Å². The van der Waals surface area contributed by atoms with Gasteiger partial charge in [0.15, 0.2) is 12.4 Å². The molecule has 1 N–H and O–H groups in total. The summed E-state index contributed by atoms with van der Waals surface area (Å²) in [6.07, 6.45) is 5.60. The molecule has 0 atom stereocenters. The van der Waals surface area contributed by atoms with Crippen molar-refractivity contribution >= 4 is 5.91 Å². The summed E-state index contributed by atoms with van der Waals surface area (Å²) in [6.45, 7) is 2.10. The van der Waals surface area contributed by atoms with Gasteiger partial charge in [-0.15, -0.1) is 5.43 Å². The van der Waals surface area contributed by atoms with Crippen LogP contribution in [0.25, 0.3) is 0 Å². The molecule has 0 bridgehead atoms. The first-order chi connectivity index (χ1) is 11.7. The molecular weight excluding hydrogens is 296 g/mol. The van der Waals surface area contributed by atoms with Crippen LogP contribution in [0, 0.1) is 0 Å². The van der Waals surface area contributed by atoms with Crippen molar-refractivity contribution in [3.05, 3.63) is 101 Å². The van der Waals surface area contributed by atoms with Gasteiger partial charge in [0, 0.05) is 17.7 Å². The largest absolute Gasteiger partial charge is 0.305 e. The van der Waals surface area contributed by atoms with Gasteiger partial charge in [-0.2, -0.15) is 0 Å². The Kier molecular flexibility index (Phi) is 5.02. The summed E-state index contributed by atoms with van der Waals surface area (Å²) in [5.74, 6) is -0.113. The molecule has 120 valence electrons. The van der Waals surface area contributed by atoms with E-state index in [4.69, 9.17) is 0 Å². The van der Waals surface area contributed by atoms with Crippen LogP contribution in [0.1, 0.15) is 34.0 Å². The molecule has 2 aromatic carbocycles. The second-order valence-corrected chi connectivity index (χ2v) is 5.77. The van der Waals surface area contributed by atoms with Crippen molar-refractivity contribution in [2.45, 2.75) is 19.8 Å². The molecule has 0 radical (unpaired) electrons. The Morgan fingerprint density at radius 3 is 2.08 bits per heavy atom. The fourth-order valence-electron chi connectivity index (χ4n) is 2.55. The zero-order chi connectivity index (χ0) is 16.8. The van der Waals surface area contributed by atoms with Gasteiger partial charge >= 0.3 is 5.91 Å². The third-order valence-electron chi connectivity index (χ3n) is 4.00. The zero-order valence-electron chi connectivity index (χ0n) is 13.8. The molecule has 3 aromatic rings. The van der Waals surface area contributed by atoms with Crippen LogP contribution in [-0.4, -0.2) is 5.91 Å². The Morgan fingerprint density at radius 1 is 0.833 bits per heavy atom. The Labute approximate surface area is 142 Å². The van der Waals surface area contributed by atoms with Gasteiger partial charge in [0.2, 0.25) is 0 Å². The highest BCUT2D eigenvalue weighted by Gasteiger charge is 2.10. The number of hydrogen-bond acceptors (Lipinski definition) is 1. The van der Waals surface area contributed by atoms with Crippen LogP contribution in [0.4, 0.5) is 0 Å². The predicted octanol–water partition coefficient (Wildman–Crippen LogP) is 3.51. The maximum Gasteiger partial charge on any atom is 0.305 e. The maximum atomic E-state index is 12.3. The van der Waals surface area contributed by atoms with Crippen LogP contribution in [0.5, 0.6) is 0 Å². The SMILES string of the molecule is CCc1ccc(C(=O)N[n+]2ccc(Cc3ccccc3)cc2)cc1.